The molecule has 0 saturated heterocycles. The van der Waals surface area contributed by atoms with Crippen LogP contribution in [0.4, 0.5) is 8.78 Å². The fourth-order valence-corrected chi connectivity index (χ4v) is 3.16. The van der Waals surface area contributed by atoms with E-state index in [-0.39, 0.29) is 12.4 Å². The second-order valence-corrected chi connectivity index (χ2v) is 5.92. The van der Waals surface area contributed by atoms with Crippen molar-refractivity contribution in [1.82, 2.24) is 0 Å². The van der Waals surface area contributed by atoms with E-state index in [9.17, 15) is 13.6 Å². The first-order chi connectivity index (χ1) is 11.6. The van der Waals surface area contributed by atoms with E-state index in [0.717, 1.165) is 36.8 Å². The number of halogens is 2. The summed E-state index contributed by atoms with van der Waals surface area (Å²) < 4.78 is 37.4. The predicted molar refractivity (Wildman–Crippen MR) is 85.2 cm³/mol. The van der Waals surface area contributed by atoms with E-state index in [2.05, 4.69) is 0 Å². The lowest BCUT2D eigenvalue weighted by molar-refractivity contribution is 0.290. The van der Waals surface area contributed by atoms with Gasteiger partial charge in [0.2, 0.25) is 0 Å². The molecule has 24 heavy (non-hydrogen) atoms. The number of hydrogen-bond acceptors (Lipinski definition) is 3. The molecule has 0 radical (unpaired) electrons. The van der Waals surface area contributed by atoms with Gasteiger partial charge in [-0.25, -0.2) is 13.6 Å². The van der Waals surface area contributed by atoms with Gasteiger partial charge in [0.25, 0.3) is 0 Å². The molecule has 1 aromatic heterocycles. The van der Waals surface area contributed by atoms with Gasteiger partial charge in [0.05, 0.1) is 0 Å². The molecule has 2 aromatic carbocycles. The summed E-state index contributed by atoms with van der Waals surface area (Å²) in [4.78, 5) is 11.8. The van der Waals surface area contributed by atoms with Crippen LogP contribution in [0.25, 0.3) is 11.0 Å². The molecular formula is C19H14F2O3. The Kier molecular flexibility index (Phi) is 3.56. The lowest BCUT2D eigenvalue weighted by Crippen LogP contribution is -2.05. The molecule has 0 fully saturated rings. The summed E-state index contributed by atoms with van der Waals surface area (Å²) in [5, 5.41) is 0.790. The van der Waals surface area contributed by atoms with Crippen molar-refractivity contribution in [3.8, 4) is 5.75 Å². The molecule has 1 aliphatic rings. The third kappa shape index (κ3) is 2.66. The van der Waals surface area contributed by atoms with Crippen molar-refractivity contribution >= 4 is 11.0 Å². The highest BCUT2D eigenvalue weighted by Crippen LogP contribution is 2.29. The van der Waals surface area contributed by atoms with E-state index < -0.39 is 17.3 Å². The predicted octanol–water partition coefficient (Wildman–Crippen LogP) is 4.14. The molecule has 0 amide bonds. The van der Waals surface area contributed by atoms with Gasteiger partial charge in [-0.05, 0) is 54.7 Å². The van der Waals surface area contributed by atoms with Gasteiger partial charge in [0.1, 0.15) is 18.0 Å². The molecule has 0 spiro atoms. The second kappa shape index (κ2) is 5.74. The maximum atomic E-state index is 13.7. The first-order valence-corrected chi connectivity index (χ1v) is 7.76. The van der Waals surface area contributed by atoms with Crippen molar-refractivity contribution in [3.05, 3.63) is 75.1 Å². The van der Waals surface area contributed by atoms with Gasteiger partial charge in [-0.3, -0.25) is 0 Å². The van der Waals surface area contributed by atoms with Crippen LogP contribution in [0.2, 0.25) is 0 Å². The van der Waals surface area contributed by atoms with Gasteiger partial charge in [-0.1, -0.05) is 0 Å². The summed E-state index contributed by atoms with van der Waals surface area (Å²) in [6.45, 7) is 0.00341. The van der Waals surface area contributed by atoms with Crippen LogP contribution >= 0.6 is 0 Å². The third-order valence-electron chi connectivity index (χ3n) is 4.32. The highest BCUT2D eigenvalue weighted by Gasteiger charge is 2.15. The largest absolute Gasteiger partial charge is 0.486 e. The van der Waals surface area contributed by atoms with Gasteiger partial charge in [0.15, 0.2) is 11.6 Å². The van der Waals surface area contributed by atoms with Crippen LogP contribution < -0.4 is 10.4 Å². The van der Waals surface area contributed by atoms with Crippen molar-refractivity contribution in [2.45, 2.75) is 25.9 Å². The van der Waals surface area contributed by atoms with E-state index in [1.807, 2.05) is 12.1 Å². The summed E-state index contributed by atoms with van der Waals surface area (Å²) in [6, 6.07) is 8.39. The Balaban J connectivity index is 1.72. The number of ether oxygens (including phenoxy) is 1. The quantitative estimate of drug-likeness (QED) is 0.678. The zero-order valence-corrected chi connectivity index (χ0v) is 12.8. The monoisotopic (exact) mass is 328 g/mol. The van der Waals surface area contributed by atoms with Crippen LogP contribution in [0.5, 0.6) is 5.75 Å². The fraction of sp³-hybridized carbons (Fsp3) is 0.211. The minimum absolute atomic E-state index is 0.00341. The smallest absolute Gasteiger partial charge is 0.336 e. The van der Waals surface area contributed by atoms with Gasteiger partial charge in [-0.2, -0.15) is 0 Å². The molecule has 0 unspecified atom stereocenters. The molecule has 0 atom stereocenters. The number of benzene rings is 2. The fourth-order valence-electron chi connectivity index (χ4n) is 3.16. The van der Waals surface area contributed by atoms with Crippen molar-refractivity contribution in [3.63, 3.8) is 0 Å². The van der Waals surface area contributed by atoms with Crippen LogP contribution in [0.1, 0.15) is 23.1 Å². The van der Waals surface area contributed by atoms with Crippen LogP contribution in [0.3, 0.4) is 0 Å². The molecular weight excluding hydrogens is 314 g/mol. The third-order valence-corrected chi connectivity index (χ3v) is 4.32. The van der Waals surface area contributed by atoms with Gasteiger partial charge in [-0.15, -0.1) is 0 Å². The number of aryl methyl sites for hydroxylation is 2. The zero-order chi connectivity index (χ0) is 16.7. The van der Waals surface area contributed by atoms with Crippen molar-refractivity contribution in [2.75, 3.05) is 0 Å². The molecule has 1 heterocycles. The van der Waals surface area contributed by atoms with Crippen molar-refractivity contribution in [2.24, 2.45) is 0 Å². The number of rotatable bonds is 3. The van der Waals surface area contributed by atoms with Gasteiger partial charge in [0, 0.05) is 23.1 Å². The molecule has 5 heteroatoms. The SMILES string of the molecule is O=c1cc(COc2ccc(F)cc2F)c2cc3c(cc2o1)CCC3. The highest BCUT2D eigenvalue weighted by molar-refractivity contribution is 5.82. The summed E-state index contributed by atoms with van der Waals surface area (Å²) >= 11 is 0. The minimum atomic E-state index is -0.775. The van der Waals surface area contributed by atoms with Crippen LogP contribution in [0.15, 0.2) is 45.6 Å². The normalized spacial score (nSPS) is 13.2. The lowest BCUT2D eigenvalue weighted by Gasteiger charge is -2.10. The molecule has 3 nitrogen and oxygen atoms in total. The van der Waals surface area contributed by atoms with Crippen molar-refractivity contribution in [1.29, 1.82) is 0 Å². The Morgan fingerprint density at radius 3 is 2.62 bits per heavy atom. The van der Waals surface area contributed by atoms with E-state index in [1.165, 1.54) is 23.3 Å². The molecule has 122 valence electrons. The minimum Gasteiger partial charge on any atom is -0.486 e. The first-order valence-electron chi connectivity index (χ1n) is 7.76. The first kappa shape index (κ1) is 14.9. The Hall–Kier alpha value is -2.69. The molecule has 1 aliphatic carbocycles. The van der Waals surface area contributed by atoms with E-state index in [4.69, 9.17) is 9.15 Å². The molecule has 3 aromatic rings. The zero-order valence-electron chi connectivity index (χ0n) is 12.8. The summed E-state index contributed by atoms with van der Waals surface area (Å²) in [5.41, 5.74) is 3.11. The van der Waals surface area contributed by atoms with Gasteiger partial charge >= 0.3 is 5.63 Å². The molecule has 4 rings (SSSR count). The summed E-state index contributed by atoms with van der Waals surface area (Å²) in [5.74, 6) is -1.50. The number of hydrogen-bond donors (Lipinski definition) is 0. The number of fused-ring (bicyclic) bond motifs is 2. The average molecular weight is 328 g/mol. The Morgan fingerprint density at radius 1 is 1.04 bits per heavy atom. The molecule has 0 bridgehead atoms. The average Bonchev–Trinajstić information content (AvgIpc) is 2.99. The topological polar surface area (TPSA) is 39.4 Å². The Bertz CT molecular complexity index is 992. The van der Waals surface area contributed by atoms with Crippen LogP contribution in [-0.4, -0.2) is 0 Å². The second-order valence-electron chi connectivity index (χ2n) is 5.92. The Morgan fingerprint density at radius 2 is 1.83 bits per heavy atom. The van der Waals surface area contributed by atoms with Crippen LogP contribution in [-0.2, 0) is 19.4 Å². The van der Waals surface area contributed by atoms with Crippen molar-refractivity contribution < 1.29 is 17.9 Å². The molecule has 0 aliphatic heterocycles. The summed E-state index contributed by atoms with van der Waals surface area (Å²) in [6.07, 6.45) is 3.07. The van der Waals surface area contributed by atoms with E-state index in [0.29, 0.717) is 11.1 Å². The van der Waals surface area contributed by atoms with E-state index >= 15 is 0 Å². The summed E-state index contributed by atoms with van der Waals surface area (Å²) in [7, 11) is 0. The maximum absolute atomic E-state index is 13.7. The standard InChI is InChI=1S/C19H14F2O3/c20-14-4-5-17(16(21)9-14)23-10-13-8-19(22)24-18-7-12-3-1-2-11(12)6-15(13)18/h4-9H,1-3,10H2. The molecule has 0 N–H and O–H groups in total. The van der Waals surface area contributed by atoms with Gasteiger partial charge < -0.3 is 9.15 Å². The van der Waals surface area contributed by atoms with E-state index in [1.54, 1.807) is 0 Å². The van der Waals surface area contributed by atoms with Crippen LogP contribution in [0, 0.1) is 11.6 Å². The lowest BCUT2D eigenvalue weighted by atomic mass is 10.0. The molecule has 0 saturated carbocycles. The maximum Gasteiger partial charge on any atom is 0.336 e. The Labute approximate surface area is 136 Å². The highest BCUT2D eigenvalue weighted by atomic mass is 19.1.